The maximum Gasteiger partial charge on any atom is 0.375 e. The molecule has 0 amide bonds. The van der Waals surface area contributed by atoms with Crippen LogP contribution in [0.15, 0.2) is 0 Å². The first-order chi connectivity index (χ1) is 13.9. The molecule has 12 nitrogen and oxygen atoms in total. The number of anilines is 2. The molecule has 2 aromatic heterocycles. The van der Waals surface area contributed by atoms with E-state index in [-0.39, 0.29) is 54.7 Å². The summed E-state index contributed by atoms with van der Waals surface area (Å²) in [6.07, 6.45) is -1.51. The first kappa shape index (κ1) is 24.0. The van der Waals surface area contributed by atoms with Crippen LogP contribution in [0.1, 0.15) is 45.2 Å². The van der Waals surface area contributed by atoms with E-state index in [1.165, 1.54) is 4.57 Å². The zero-order valence-electron chi connectivity index (χ0n) is 17.8. The number of imidazole rings is 1. The number of carbonyl (C=O) groups is 1. The number of aromatic nitrogens is 4. The van der Waals surface area contributed by atoms with Crippen molar-refractivity contribution in [1.29, 1.82) is 0 Å². The quantitative estimate of drug-likeness (QED) is 0.378. The van der Waals surface area contributed by atoms with Crippen molar-refractivity contribution in [2.75, 3.05) is 30.8 Å². The fourth-order valence-corrected chi connectivity index (χ4v) is 4.46. The second-order valence-corrected chi connectivity index (χ2v) is 9.57. The van der Waals surface area contributed by atoms with E-state index >= 15 is 0 Å². The molecule has 168 valence electrons. The number of hydrogen-bond acceptors (Lipinski definition) is 11. The van der Waals surface area contributed by atoms with Gasteiger partial charge < -0.3 is 34.9 Å². The Bertz CT molecular complexity index is 946. The highest BCUT2D eigenvalue weighted by atomic mass is 31.2. The Kier molecular flexibility index (Phi) is 7.40. The molecule has 2 heterocycles. The lowest BCUT2D eigenvalue weighted by Gasteiger charge is -2.22. The molecular formula is C17H29N6O6P. The second kappa shape index (κ2) is 9.25. The van der Waals surface area contributed by atoms with Crippen LogP contribution in [0.5, 0.6) is 0 Å². The molecule has 0 aliphatic carbocycles. The molecule has 0 saturated carbocycles. The Hall–Kier alpha value is -2.27. The summed E-state index contributed by atoms with van der Waals surface area (Å²) in [7, 11) is -3.53. The highest BCUT2D eigenvalue weighted by molar-refractivity contribution is 7.53. The summed E-state index contributed by atoms with van der Waals surface area (Å²) in [5.41, 5.74) is 11.1. The first-order valence-corrected chi connectivity index (χ1v) is 11.2. The van der Waals surface area contributed by atoms with Crippen LogP contribution in [0.4, 0.5) is 11.8 Å². The molecule has 13 heteroatoms. The SMILES string of the molecule is CCOP(=O)(CC(O)Cn1c(C(=O)OC(C)(C)C)nc2c(N)nc(N)nc21)OCC. The van der Waals surface area contributed by atoms with Gasteiger partial charge in [0.2, 0.25) is 11.8 Å². The summed E-state index contributed by atoms with van der Waals surface area (Å²) in [4.78, 5) is 24.8. The molecule has 0 aliphatic rings. The standard InChI is InChI=1S/C17H29N6O6P/c1-6-27-30(26,28-7-2)9-10(24)8-23-13-11(12(18)21-16(19)22-13)20-14(23)15(25)29-17(3,4)5/h10,24H,6-9H2,1-5H3,(H4,18,19,21,22). The molecule has 0 saturated heterocycles. The van der Waals surface area contributed by atoms with Gasteiger partial charge >= 0.3 is 13.6 Å². The van der Waals surface area contributed by atoms with Crippen LogP contribution in [0.25, 0.3) is 11.2 Å². The van der Waals surface area contributed by atoms with Crippen LogP contribution in [0.3, 0.4) is 0 Å². The molecule has 5 N–H and O–H groups in total. The lowest BCUT2D eigenvalue weighted by atomic mass is 10.2. The van der Waals surface area contributed by atoms with Crippen LogP contribution in [0.2, 0.25) is 0 Å². The average Bonchev–Trinajstić information content (AvgIpc) is 2.92. The summed E-state index contributed by atoms with van der Waals surface area (Å²) in [6.45, 7) is 8.57. The first-order valence-electron chi connectivity index (χ1n) is 9.48. The lowest BCUT2D eigenvalue weighted by molar-refractivity contribution is 0.00490. The number of rotatable bonds is 9. The summed E-state index contributed by atoms with van der Waals surface area (Å²) >= 11 is 0. The normalized spacial score (nSPS) is 13.5. The number of fused-ring (bicyclic) bond motifs is 1. The Balaban J connectivity index is 2.46. The highest BCUT2D eigenvalue weighted by Crippen LogP contribution is 2.48. The largest absolute Gasteiger partial charge is 0.454 e. The van der Waals surface area contributed by atoms with Crippen molar-refractivity contribution in [3.8, 4) is 0 Å². The Morgan fingerprint density at radius 2 is 1.77 bits per heavy atom. The van der Waals surface area contributed by atoms with Crippen molar-refractivity contribution in [1.82, 2.24) is 19.5 Å². The Morgan fingerprint density at radius 3 is 2.30 bits per heavy atom. The molecule has 0 aromatic carbocycles. The molecule has 2 aromatic rings. The predicted octanol–water partition coefficient (Wildman–Crippen LogP) is 1.57. The van der Waals surface area contributed by atoms with Crippen molar-refractivity contribution < 1.29 is 28.3 Å². The van der Waals surface area contributed by atoms with Gasteiger partial charge in [-0.3, -0.25) is 4.57 Å². The zero-order valence-corrected chi connectivity index (χ0v) is 18.7. The van der Waals surface area contributed by atoms with Crippen molar-refractivity contribution in [3.05, 3.63) is 5.82 Å². The van der Waals surface area contributed by atoms with Gasteiger partial charge in [-0.05, 0) is 34.6 Å². The molecule has 1 unspecified atom stereocenters. The van der Waals surface area contributed by atoms with E-state index in [9.17, 15) is 14.5 Å². The monoisotopic (exact) mass is 444 g/mol. The predicted molar refractivity (Wildman–Crippen MR) is 111 cm³/mol. The molecule has 2 rings (SSSR count). The van der Waals surface area contributed by atoms with Crippen LogP contribution in [-0.4, -0.2) is 61.7 Å². The van der Waals surface area contributed by atoms with Crippen molar-refractivity contribution in [2.24, 2.45) is 0 Å². The van der Waals surface area contributed by atoms with Crippen molar-refractivity contribution >= 4 is 36.5 Å². The molecule has 0 bridgehead atoms. The number of nitrogens with two attached hydrogens (primary N) is 2. The minimum Gasteiger partial charge on any atom is -0.454 e. The Morgan fingerprint density at radius 1 is 1.17 bits per heavy atom. The van der Waals surface area contributed by atoms with Crippen molar-refractivity contribution in [2.45, 2.75) is 52.9 Å². The van der Waals surface area contributed by atoms with Gasteiger partial charge in [-0.25, -0.2) is 9.78 Å². The number of aliphatic hydroxyl groups excluding tert-OH is 1. The summed E-state index contributed by atoms with van der Waals surface area (Å²) in [5.74, 6) is -1.04. The number of nitrogens with zero attached hydrogens (tertiary/aromatic N) is 4. The van der Waals surface area contributed by atoms with Gasteiger partial charge in [0.15, 0.2) is 17.0 Å². The Labute approximate surface area is 174 Å². The number of carbonyl (C=O) groups excluding carboxylic acids is 1. The van der Waals surface area contributed by atoms with E-state index in [1.807, 2.05) is 0 Å². The van der Waals surface area contributed by atoms with Gasteiger partial charge in [-0.15, -0.1) is 0 Å². The maximum atomic E-state index is 12.7. The highest BCUT2D eigenvalue weighted by Gasteiger charge is 2.31. The van der Waals surface area contributed by atoms with E-state index in [1.54, 1.807) is 34.6 Å². The number of ether oxygens (including phenoxy) is 1. The number of aliphatic hydroxyl groups is 1. The minimum atomic E-state index is -3.53. The number of nitrogen functional groups attached to an aromatic ring is 2. The molecule has 1 atom stereocenters. The maximum absolute atomic E-state index is 12.7. The number of esters is 1. The molecule has 0 radical (unpaired) electrons. The molecular weight excluding hydrogens is 415 g/mol. The molecule has 30 heavy (non-hydrogen) atoms. The van der Waals surface area contributed by atoms with Crippen molar-refractivity contribution in [3.63, 3.8) is 0 Å². The van der Waals surface area contributed by atoms with Crippen LogP contribution < -0.4 is 11.5 Å². The van der Waals surface area contributed by atoms with Gasteiger partial charge in [-0.2, -0.15) is 9.97 Å². The third-order valence-electron chi connectivity index (χ3n) is 3.70. The molecule has 0 spiro atoms. The third-order valence-corrected chi connectivity index (χ3v) is 5.87. The molecule has 0 aliphatic heterocycles. The van der Waals surface area contributed by atoms with Gasteiger partial charge in [0, 0.05) is 0 Å². The molecule has 0 fully saturated rings. The summed E-state index contributed by atoms with van der Waals surface area (Å²) in [5, 5.41) is 10.6. The fraction of sp³-hybridized carbons (Fsp3) is 0.647. The van der Waals surface area contributed by atoms with Crippen LogP contribution in [-0.2, 0) is 24.9 Å². The van der Waals surface area contributed by atoms with E-state index < -0.39 is 25.3 Å². The van der Waals surface area contributed by atoms with Gasteiger partial charge in [-0.1, -0.05) is 0 Å². The number of hydrogen-bond donors (Lipinski definition) is 3. The van der Waals surface area contributed by atoms with E-state index in [2.05, 4.69) is 15.0 Å². The van der Waals surface area contributed by atoms with Crippen LogP contribution >= 0.6 is 7.60 Å². The average molecular weight is 444 g/mol. The van der Waals surface area contributed by atoms with E-state index in [0.29, 0.717) is 0 Å². The smallest absolute Gasteiger partial charge is 0.375 e. The van der Waals surface area contributed by atoms with Gasteiger partial charge in [0.1, 0.15) is 5.60 Å². The zero-order chi connectivity index (χ0) is 22.7. The van der Waals surface area contributed by atoms with Gasteiger partial charge in [0.25, 0.3) is 0 Å². The topological polar surface area (TPSA) is 178 Å². The summed E-state index contributed by atoms with van der Waals surface area (Å²) < 4.78 is 29.9. The minimum absolute atomic E-state index is 0.0233. The third kappa shape index (κ3) is 5.88. The lowest BCUT2D eigenvalue weighted by Crippen LogP contribution is -2.28. The second-order valence-electron chi connectivity index (χ2n) is 7.47. The van der Waals surface area contributed by atoms with E-state index in [4.69, 9.17) is 25.3 Å². The summed E-state index contributed by atoms with van der Waals surface area (Å²) in [6, 6.07) is 0. The van der Waals surface area contributed by atoms with Gasteiger partial charge in [0.05, 0.1) is 32.0 Å². The fourth-order valence-electron chi connectivity index (χ4n) is 2.75. The van der Waals surface area contributed by atoms with Crippen LogP contribution in [0, 0.1) is 0 Å². The van der Waals surface area contributed by atoms with E-state index in [0.717, 1.165) is 0 Å².